The SMILES string of the molecule is Fc1cc(-c2nnc(C(F)(F)F)o2)ccc1CN(c1ccccc1)C1OC1C1CCNCC1. The van der Waals surface area contributed by atoms with E-state index in [0.717, 1.165) is 37.7 Å². The van der Waals surface area contributed by atoms with Gasteiger partial charge >= 0.3 is 12.1 Å². The van der Waals surface area contributed by atoms with Gasteiger partial charge < -0.3 is 19.4 Å². The molecule has 5 rings (SSSR count). The normalized spacial score (nSPS) is 21.2. The van der Waals surface area contributed by atoms with E-state index in [1.54, 1.807) is 0 Å². The Bertz CT molecular complexity index is 1100. The maximum absolute atomic E-state index is 15.0. The molecule has 3 aromatic rings. The van der Waals surface area contributed by atoms with Crippen molar-refractivity contribution in [3.8, 4) is 11.5 Å². The zero-order valence-corrected chi connectivity index (χ0v) is 17.6. The number of hydrogen-bond acceptors (Lipinski definition) is 6. The first kappa shape index (κ1) is 21.8. The maximum Gasteiger partial charge on any atom is 0.470 e. The maximum atomic E-state index is 15.0. The Labute approximate surface area is 187 Å². The summed E-state index contributed by atoms with van der Waals surface area (Å²) in [6.45, 7) is 2.18. The molecule has 2 unspecified atom stereocenters. The third-order valence-electron chi connectivity index (χ3n) is 6.05. The van der Waals surface area contributed by atoms with Crippen molar-refractivity contribution in [1.29, 1.82) is 0 Å². The highest BCUT2D eigenvalue weighted by Crippen LogP contribution is 2.40. The van der Waals surface area contributed by atoms with Crippen LogP contribution in [0.4, 0.5) is 23.2 Å². The van der Waals surface area contributed by atoms with E-state index >= 15 is 4.39 Å². The lowest BCUT2D eigenvalue weighted by Gasteiger charge is -2.26. The van der Waals surface area contributed by atoms with E-state index in [4.69, 9.17) is 4.74 Å². The molecule has 1 aromatic heterocycles. The number of aromatic nitrogens is 2. The van der Waals surface area contributed by atoms with E-state index in [-0.39, 0.29) is 30.3 Å². The second-order valence-corrected chi connectivity index (χ2v) is 8.26. The summed E-state index contributed by atoms with van der Waals surface area (Å²) in [7, 11) is 0. The summed E-state index contributed by atoms with van der Waals surface area (Å²) in [5.74, 6) is -1.97. The molecule has 2 aromatic carbocycles. The summed E-state index contributed by atoms with van der Waals surface area (Å²) >= 11 is 0. The lowest BCUT2D eigenvalue weighted by molar-refractivity contribution is -0.156. The Morgan fingerprint density at radius 3 is 2.45 bits per heavy atom. The van der Waals surface area contributed by atoms with Crippen molar-refractivity contribution in [2.75, 3.05) is 18.0 Å². The number of nitrogens with one attached hydrogen (secondary N) is 1. The topological polar surface area (TPSA) is 66.7 Å². The summed E-state index contributed by atoms with van der Waals surface area (Å²) in [5.41, 5.74) is 1.38. The second kappa shape index (κ2) is 8.75. The fraction of sp³-hybridized carbons (Fsp3) is 0.391. The molecule has 2 aliphatic heterocycles. The van der Waals surface area contributed by atoms with Gasteiger partial charge in [-0.1, -0.05) is 24.3 Å². The molecule has 3 heterocycles. The number of rotatable bonds is 6. The van der Waals surface area contributed by atoms with Crippen molar-refractivity contribution in [1.82, 2.24) is 15.5 Å². The largest absolute Gasteiger partial charge is 0.470 e. The molecule has 33 heavy (non-hydrogen) atoms. The van der Waals surface area contributed by atoms with E-state index in [1.165, 1.54) is 12.1 Å². The molecule has 6 nitrogen and oxygen atoms in total. The van der Waals surface area contributed by atoms with Gasteiger partial charge in [0.2, 0.25) is 5.89 Å². The fourth-order valence-corrected chi connectivity index (χ4v) is 4.28. The lowest BCUT2D eigenvalue weighted by Crippen LogP contribution is -2.34. The number of halogens is 4. The standard InChI is InChI=1S/C23H22F4N4O2/c24-18-12-15(20-29-30-22(33-20)23(25,26)27)6-7-16(18)13-31(17-4-2-1-3-5-17)21-19(32-21)14-8-10-28-11-9-14/h1-7,12,14,19,21,28H,8-11,13H2. The number of hydrogen-bond donors (Lipinski definition) is 1. The van der Waals surface area contributed by atoms with Crippen molar-refractivity contribution in [3.05, 3.63) is 65.8 Å². The number of ether oxygens (including phenoxy) is 1. The molecule has 0 saturated carbocycles. The average Bonchev–Trinajstić information content (AvgIpc) is 3.43. The molecule has 0 amide bonds. The second-order valence-electron chi connectivity index (χ2n) is 8.26. The first-order valence-electron chi connectivity index (χ1n) is 10.8. The third-order valence-corrected chi connectivity index (χ3v) is 6.05. The molecule has 0 radical (unpaired) electrons. The van der Waals surface area contributed by atoms with Crippen molar-refractivity contribution < 1.29 is 26.7 Å². The Balaban J connectivity index is 1.36. The fourth-order valence-electron chi connectivity index (χ4n) is 4.28. The number of nitrogens with zero attached hydrogens (tertiary/aromatic N) is 3. The molecule has 2 fully saturated rings. The smallest absolute Gasteiger partial charge is 0.413 e. The van der Waals surface area contributed by atoms with E-state index in [1.807, 2.05) is 35.2 Å². The quantitative estimate of drug-likeness (QED) is 0.426. The summed E-state index contributed by atoms with van der Waals surface area (Å²) in [6.07, 6.45) is -2.74. The average molecular weight is 462 g/mol. The molecule has 0 bridgehead atoms. The van der Waals surface area contributed by atoms with Gasteiger partial charge in [0.25, 0.3) is 0 Å². The van der Waals surface area contributed by atoms with Crippen LogP contribution in [0.5, 0.6) is 0 Å². The predicted molar refractivity (Wildman–Crippen MR) is 112 cm³/mol. The number of para-hydroxylation sites is 1. The zero-order chi connectivity index (χ0) is 23.0. The Morgan fingerprint density at radius 2 is 1.79 bits per heavy atom. The summed E-state index contributed by atoms with van der Waals surface area (Å²) in [6, 6.07) is 13.8. The summed E-state index contributed by atoms with van der Waals surface area (Å²) in [4.78, 5) is 2.03. The van der Waals surface area contributed by atoms with Crippen LogP contribution in [0.2, 0.25) is 0 Å². The third kappa shape index (κ3) is 4.72. The van der Waals surface area contributed by atoms with Crippen LogP contribution in [0.15, 0.2) is 52.9 Å². The van der Waals surface area contributed by atoms with Gasteiger partial charge in [0.15, 0.2) is 6.23 Å². The molecule has 2 aliphatic rings. The van der Waals surface area contributed by atoms with Gasteiger partial charge in [-0.25, -0.2) is 4.39 Å². The zero-order valence-electron chi connectivity index (χ0n) is 17.6. The minimum atomic E-state index is -4.75. The van der Waals surface area contributed by atoms with Crippen LogP contribution in [0.3, 0.4) is 0 Å². The molecular formula is C23H22F4N4O2. The van der Waals surface area contributed by atoms with Crippen LogP contribution in [0, 0.1) is 11.7 Å². The van der Waals surface area contributed by atoms with Gasteiger partial charge in [-0.3, -0.25) is 0 Å². The molecule has 10 heteroatoms. The molecule has 2 saturated heterocycles. The van der Waals surface area contributed by atoms with Gasteiger partial charge in [0, 0.05) is 23.4 Å². The van der Waals surface area contributed by atoms with Crippen LogP contribution >= 0.6 is 0 Å². The predicted octanol–water partition coefficient (Wildman–Crippen LogP) is 4.63. The molecule has 0 aliphatic carbocycles. The number of anilines is 1. The van der Waals surface area contributed by atoms with E-state index in [2.05, 4.69) is 19.9 Å². The monoisotopic (exact) mass is 462 g/mol. The van der Waals surface area contributed by atoms with Crippen molar-refractivity contribution >= 4 is 5.69 Å². The molecular weight excluding hydrogens is 440 g/mol. The highest BCUT2D eigenvalue weighted by Gasteiger charge is 2.48. The first-order chi connectivity index (χ1) is 15.9. The van der Waals surface area contributed by atoms with Crippen LogP contribution in [-0.2, 0) is 17.5 Å². The summed E-state index contributed by atoms with van der Waals surface area (Å²) in [5, 5.41) is 9.74. The number of alkyl halides is 3. The lowest BCUT2D eigenvalue weighted by atomic mass is 9.94. The van der Waals surface area contributed by atoms with Gasteiger partial charge in [-0.15, -0.1) is 10.2 Å². The van der Waals surface area contributed by atoms with Crippen LogP contribution in [0.25, 0.3) is 11.5 Å². The first-order valence-corrected chi connectivity index (χ1v) is 10.8. The number of piperidine rings is 1. The van der Waals surface area contributed by atoms with Gasteiger partial charge in [0.05, 0.1) is 0 Å². The van der Waals surface area contributed by atoms with Crippen molar-refractivity contribution in [2.45, 2.75) is 37.9 Å². The minimum Gasteiger partial charge on any atom is -0.413 e. The van der Waals surface area contributed by atoms with Crippen LogP contribution in [-0.4, -0.2) is 35.6 Å². The number of benzene rings is 2. The van der Waals surface area contributed by atoms with Gasteiger partial charge in [-0.2, -0.15) is 13.2 Å². The van der Waals surface area contributed by atoms with Crippen LogP contribution in [0.1, 0.15) is 24.3 Å². The van der Waals surface area contributed by atoms with Crippen molar-refractivity contribution in [2.24, 2.45) is 5.92 Å². The highest BCUT2D eigenvalue weighted by atomic mass is 19.4. The summed E-state index contributed by atoms with van der Waals surface area (Å²) < 4.78 is 63.9. The van der Waals surface area contributed by atoms with E-state index in [0.29, 0.717) is 11.5 Å². The van der Waals surface area contributed by atoms with E-state index < -0.39 is 17.9 Å². The molecule has 174 valence electrons. The Hall–Kier alpha value is -2.98. The van der Waals surface area contributed by atoms with Gasteiger partial charge in [0.1, 0.15) is 11.9 Å². The van der Waals surface area contributed by atoms with Gasteiger partial charge in [-0.05, 0) is 56.1 Å². The Morgan fingerprint density at radius 1 is 1.03 bits per heavy atom. The van der Waals surface area contributed by atoms with E-state index in [9.17, 15) is 13.2 Å². The molecule has 2 atom stereocenters. The van der Waals surface area contributed by atoms with Crippen molar-refractivity contribution in [3.63, 3.8) is 0 Å². The highest BCUT2D eigenvalue weighted by molar-refractivity contribution is 5.55. The molecule has 1 N–H and O–H groups in total. The molecule has 0 spiro atoms. The van der Waals surface area contributed by atoms with Crippen LogP contribution < -0.4 is 10.2 Å². The Kier molecular flexibility index (Phi) is 5.79. The number of epoxide rings is 1. The minimum absolute atomic E-state index is 0.0840.